The van der Waals surface area contributed by atoms with Crippen LogP contribution in [0, 0.1) is 6.92 Å². The molecule has 0 aliphatic heterocycles. The molecule has 8 nitrogen and oxygen atoms in total. The molecule has 1 fully saturated rings. The SMILES string of the molecule is Cc1ccc(C(=O)NNC(=O)CSc2nnc3c4c5c(sc4nc(C4CC4)n23)CCCC5)cc1. The summed E-state index contributed by atoms with van der Waals surface area (Å²) in [5, 5.41) is 10.8. The molecule has 1 saturated carbocycles. The summed E-state index contributed by atoms with van der Waals surface area (Å²) in [6.45, 7) is 1.96. The minimum atomic E-state index is -0.351. The van der Waals surface area contributed by atoms with Gasteiger partial charge in [-0.2, -0.15) is 0 Å². The molecule has 0 radical (unpaired) electrons. The smallest absolute Gasteiger partial charge is 0.269 e. The van der Waals surface area contributed by atoms with Gasteiger partial charge in [-0.05, 0) is 63.1 Å². The second-order valence-corrected chi connectivity index (χ2v) is 11.0. The fourth-order valence-corrected chi connectivity index (χ4v) is 6.43. The summed E-state index contributed by atoms with van der Waals surface area (Å²) in [7, 11) is 0. The molecule has 174 valence electrons. The summed E-state index contributed by atoms with van der Waals surface area (Å²) in [6.07, 6.45) is 6.84. The Hall–Kier alpha value is -2.98. The van der Waals surface area contributed by atoms with Crippen LogP contribution >= 0.6 is 23.1 Å². The molecule has 2 N–H and O–H groups in total. The van der Waals surface area contributed by atoms with Gasteiger partial charge in [-0.1, -0.05) is 29.5 Å². The molecular weight excluding hydrogens is 468 g/mol. The summed E-state index contributed by atoms with van der Waals surface area (Å²) in [5.74, 6) is 0.873. The van der Waals surface area contributed by atoms with Crippen LogP contribution in [0.2, 0.25) is 0 Å². The molecule has 10 heteroatoms. The number of hydrazine groups is 1. The van der Waals surface area contributed by atoms with Crippen molar-refractivity contribution in [1.29, 1.82) is 0 Å². The highest BCUT2D eigenvalue weighted by molar-refractivity contribution is 7.99. The van der Waals surface area contributed by atoms with Gasteiger partial charge in [0.1, 0.15) is 10.7 Å². The van der Waals surface area contributed by atoms with E-state index in [4.69, 9.17) is 4.98 Å². The van der Waals surface area contributed by atoms with Gasteiger partial charge in [-0.15, -0.1) is 21.5 Å². The van der Waals surface area contributed by atoms with E-state index in [2.05, 4.69) is 25.4 Å². The number of aryl methyl sites for hydroxylation is 3. The average Bonchev–Trinajstić information content (AvgIpc) is 3.50. The number of nitrogens with one attached hydrogen (secondary N) is 2. The number of hydrogen-bond acceptors (Lipinski definition) is 7. The lowest BCUT2D eigenvalue weighted by Crippen LogP contribution is -2.42. The normalized spacial score (nSPS) is 15.4. The van der Waals surface area contributed by atoms with Crippen molar-refractivity contribution in [2.75, 3.05) is 5.75 Å². The highest BCUT2D eigenvalue weighted by atomic mass is 32.2. The first kappa shape index (κ1) is 21.5. The van der Waals surface area contributed by atoms with E-state index in [-0.39, 0.29) is 17.6 Å². The minimum absolute atomic E-state index is 0.110. The van der Waals surface area contributed by atoms with E-state index in [0.717, 1.165) is 52.9 Å². The van der Waals surface area contributed by atoms with Gasteiger partial charge in [0.15, 0.2) is 10.8 Å². The average molecular weight is 493 g/mol. The summed E-state index contributed by atoms with van der Waals surface area (Å²) in [6, 6.07) is 7.17. The molecule has 3 heterocycles. The third kappa shape index (κ3) is 3.94. The zero-order valence-electron chi connectivity index (χ0n) is 18.8. The highest BCUT2D eigenvalue weighted by Crippen LogP contribution is 2.44. The van der Waals surface area contributed by atoms with Crippen molar-refractivity contribution in [2.45, 2.75) is 56.5 Å². The van der Waals surface area contributed by atoms with E-state index in [9.17, 15) is 9.59 Å². The third-order valence-corrected chi connectivity index (χ3v) is 8.47. The van der Waals surface area contributed by atoms with Crippen LogP contribution in [0.25, 0.3) is 15.9 Å². The Morgan fingerprint density at radius 3 is 2.71 bits per heavy atom. The number of rotatable bonds is 5. The largest absolute Gasteiger partial charge is 0.272 e. The maximum Gasteiger partial charge on any atom is 0.269 e. The zero-order valence-corrected chi connectivity index (χ0v) is 20.4. The monoisotopic (exact) mass is 492 g/mol. The lowest BCUT2D eigenvalue weighted by atomic mass is 9.97. The van der Waals surface area contributed by atoms with Gasteiger partial charge in [-0.3, -0.25) is 24.8 Å². The summed E-state index contributed by atoms with van der Waals surface area (Å²) < 4.78 is 2.06. The number of fused-ring (bicyclic) bond motifs is 5. The summed E-state index contributed by atoms with van der Waals surface area (Å²) in [5.41, 5.74) is 8.77. The van der Waals surface area contributed by atoms with E-state index >= 15 is 0 Å². The number of carbonyl (C=O) groups is 2. The second kappa shape index (κ2) is 8.66. The van der Waals surface area contributed by atoms with E-state index in [1.807, 2.05) is 19.1 Å². The molecule has 6 rings (SSSR count). The number of amides is 2. The molecule has 0 atom stereocenters. The minimum Gasteiger partial charge on any atom is -0.272 e. The maximum atomic E-state index is 12.4. The Labute approximate surface area is 204 Å². The van der Waals surface area contributed by atoms with Crippen molar-refractivity contribution in [2.24, 2.45) is 0 Å². The van der Waals surface area contributed by atoms with E-state index < -0.39 is 0 Å². The van der Waals surface area contributed by atoms with Crippen LogP contribution in [-0.2, 0) is 17.6 Å². The molecule has 0 unspecified atom stereocenters. The number of carbonyl (C=O) groups excluding carboxylic acids is 2. The standard InChI is InChI=1S/C24H24N6O2S2/c1-13-6-8-15(9-7-13)22(32)28-26-18(31)12-33-24-29-27-21-19-16-4-2-3-5-17(16)34-23(19)25-20(30(21)24)14-10-11-14/h6-9,14H,2-5,10-12H2,1H3,(H,26,31)(H,28,32). The number of thiophene rings is 1. The van der Waals surface area contributed by atoms with Crippen molar-refractivity contribution in [3.05, 3.63) is 51.7 Å². The number of benzene rings is 1. The van der Waals surface area contributed by atoms with Crippen molar-refractivity contribution in [3.63, 3.8) is 0 Å². The quantitative estimate of drug-likeness (QED) is 0.323. The molecule has 2 aliphatic carbocycles. The first-order valence-corrected chi connectivity index (χ1v) is 13.4. The number of nitrogens with zero attached hydrogens (tertiary/aromatic N) is 4. The van der Waals surface area contributed by atoms with Gasteiger partial charge >= 0.3 is 0 Å². The molecule has 0 bridgehead atoms. The zero-order chi connectivity index (χ0) is 23.2. The van der Waals surface area contributed by atoms with Crippen molar-refractivity contribution < 1.29 is 9.59 Å². The van der Waals surface area contributed by atoms with Gasteiger partial charge in [0.05, 0.1) is 11.1 Å². The van der Waals surface area contributed by atoms with Crippen LogP contribution in [0.1, 0.15) is 63.8 Å². The molecule has 34 heavy (non-hydrogen) atoms. The molecule has 0 spiro atoms. The van der Waals surface area contributed by atoms with Crippen LogP contribution in [0.3, 0.4) is 0 Å². The Morgan fingerprint density at radius 1 is 1.12 bits per heavy atom. The van der Waals surface area contributed by atoms with Crippen LogP contribution in [0.4, 0.5) is 0 Å². The Bertz CT molecular complexity index is 1420. The van der Waals surface area contributed by atoms with Gasteiger partial charge in [0.25, 0.3) is 5.91 Å². The third-order valence-electron chi connectivity index (χ3n) is 6.36. The molecular formula is C24H24N6O2S2. The predicted molar refractivity (Wildman–Crippen MR) is 132 cm³/mol. The second-order valence-electron chi connectivity index (χ2n) is 8.93. The van der Waals surface area contributed by atoms with Crippen LogP contribution in [0.15, 0.2) is 29.4 Å². The van der Waals surface area contributed by atoms with E-state index in [1.165, 1.54) is 35.0 Å². The number of thioether (sulfide) groups is 1. The molecule has 2 amide bonds. The first-order valence-electron chi connectivity index (χ1n) is 11.6. The Balaban J connectivity index is 1.21. The maximum absolute atomic E-state index is 12.4. The molecule has 0 saturated heterocycles. The Kier molecular flexibility index (Phi) is 5.49. The molecule has 4 aromatic rings. The predicted octanol–water partition coefficient (Wildman–Crippen LogP) is 3.96. The van der Waals surface area contributed by atoms with E-state index in [0.29, 0.717) is 16.6 Å². The summed E-state index contributed by atoms with van der Waals surface area (Å²) >= 11 is 3.12. The van der Waals surface area contributed by atoms with Gasteiger partial charge < -0.3 is 0 Å². The van der Waals surface area contributed by atoms with Crippen molar-refractivity contribution in [3.8, 4) is 0 Å². The van der Waals surface area contributed by atoms with Crippen molar-refractivity contribution >= 4 is 50.8 Å². The molecule has 3 aromatic heterocycles. The number of aromatic nitrogens is 4. The topological polar surface area (TPSA) is 101 Å². The van der Waals surface area contributed by atoms with Gasteiger partial charge in [-0.25, -0.2) is 4.98 Å². The van der Waals surface area contributed by atoms with Crippen LogP contribution in [0.5, 0.6) is 0 Å². The highest BCUT2D eigenvalue weighted by Gasteiger charge is 2.32. The van der Waals surface area contributed by atoms with E-state index in [1.54, 1.807) is 23.5 Å². The van der Waals surface area contributed by atoms with Gasteiger partial charge in [0, 0.05) is 16.4 Å². The molecule has 2 aliphatic rings. The lowest BCUT2D eigenvalue weighted by Gasteiger charge is -2.11. The number of hydrogen-bond donors (Lipinski definition) is 2. The fraction of sp³-hybridized carbons (Fsp3) is 0.375. The van der Waals surface area contributed by atoms with Crippen LogP contribution < -0.4 is 10.9 Å². The lowest BCUT2D eigenvalue weighted by molar-refractivity contribution is -0.119. The van der Waals surface area contributed by atoms with Gasteiger partial charge in [0.2, 0.25) is 5.91 Å². The fourth-order valence-electron chi connectivity index (χ4n) is 4.43. The van der Waals surface area contributed by atoms with Crippen LogP contribution in [-0.4, -0.2) is 37.1 Å². The van der Waals surface area contributed by atoms with Crippen molar-refractivity contribution in [1.82, 2.24) is 30.4 Å². The molecule has 1 aromatic carbocycles. The summed E-state index contributed by atoms with van der Waals surface area (Å²) in [4.78, 5) is 32.3. The Morgan fingerprint density at radius 2 is 1.91 bits per heavy atom. The first-order chi connectivity index (χ1) is 16.6.